The number of anilines is 1. The van der Waals surface area contributed by atoms with Crippen LogP contribution in [0.2, 0.25) is 0 Å². The van der Waals surface area contributed by atoms with Crippen LogP contribution < -0.4 is 10.5 Å². The fourth-order valence-electron chi connectivity index (χ4n) is 2.04. The summed E-state index contributed by atoms with van der Waals surface area (Å²) in [7, 11) is 3.39. The van der Waals surface area contributed by atoms with Crippen molar-refractivity contribution >= 4 is 11.6 Å². The van der Waals surface area contributed by atoms with Crippen LogP contribution in [-0.4, -0.2) is 31.0 Å². The SMILES string of the molecule is COc1cccc(C(=O)N(C)C2CCC2)c1N. The third kappa shape index (κ3) is 2.07. The van der Waals surface area contributed by atoms with Gasteiger partial charge in [0.25, 0.3) is 5.91 Å². The van der Waals surface area contributed by atoms with E-state index >= 15 is 0 Å². The van der Waals surface area contributed by atoms with Crippen LogP contribution in [0.25, 0.3) is 0 Å². The number of hydrogen-bond acceptors (Lipinski definition) is 3. The summed E-state index contributed by atoms with van der Waals surface area (Å²) in [5.41, 5.74) is 6.87. The van der Waals surface area contributed by atoms with E-state index < -0.39 is 0 Å². The van der Waals surface area contributed by atoms with Crippen molar-refractivity contribution < 1.29 is 9.53 Å². The van der Waals surface area contributed by atoms with Gasteiger partial charge in [-0.1, -0.05) is 6.07 Å². The van der Waals surface area contributed by atoms with Crippen molar-refractivity contribution in [2.24, 2.45) is 0 Å². The summed E-state index contributed by atoms with van der Waals surface area (Å²) in [6, 6.07) is 5.66. The molecule has 1 amide bonds. The molecule has 1 aliphatic carbocycles. The zero-order chi connectivity index (χ0) is 12.4. The minimum Gasteiger partial charge on any atom is -0.495 e. The highest BCUT2D eigenvalue weighted by atomic mass is 16.5. The van der Waals surface area contributed by atoms with Crippen molar-refractivity contribution in [3.8, 4) is 5.75 Å². The Bertz CT molecular complexity index is 427. The second-order valence-corrected chi connectivity index (χ2v) is 4.42. The lowest BCUT2D eigenvalue weighted by molar-refractivity contribution is 0.0653. The minimum atomic E-state index is -0.0221. The third-order valence-corrected chi connectivity index (χ3v) is 3.46. The molecular weight excluding hydrogens is 216 g/mol. The first kappa shape index (κ1) is 11.8. The van der Waals surface area contributed by atoms with Gasteiger partial charge in [0.2, 0.25) is 0 Å². The Morgan fingerprint density at radius 2 is 2.18 bits per heavy atom. The van der Waals surface area contributed by atoms with E-state index in [4.69, 9.17) is 10.5 Å². The van der Waals surface area contributed by atoms with Crippen molar-refractivity contribution in [3.05, 3.63) is 23.8 Å². The lowest BCUT2D eigenvalue weighted by atomic mass is 9.91. The number of hydrogen-bond donors (Lipinski definition) is 1. The number of rotatable bonds is 3. The van der Waals surface area contributed by atoms with Crippen LogP contribution in [0.1, 0.15) is 29.6 Å². The van der Waals surface area contributed by atoms with Crippen molar-refractivity contribution in [1.29, 1.82) is 0 Å². The van der Waals surface area contributed by atoms with Crippen LogP contribution in [-0.2, 0) is 0 Å². The van der Waals surface area contributed by atoms with E-state index in [9.17, 15) is 4.79 Å². The predicted octanol–water partition coefficient (Wildman–Crippen LogP) is 1.90. The lowest BCUT2D eigenvalue weighted by Crippen LogP contribution is -2.41. The molecule has 4 nitrogen and oxygen atoms in total. The number of para-hydroxylation sites is 1. The molecule has 0 spiro atoms. The molecule has 0 saturated heterocycles. The van der Waals surface area contributed by atoms with Crippen LogP contribution >= 0.6 is 0 Å². The Morgan fingerprint density at radius 3 is 2.71 bits per heavy atom. The summed E-state index contributed by atoms with van der Waals surface area (Å²) in [5.74, 6) is 0.531. The molecule has 0 aliphatic heterocycles. The molecule has 92 valence electrons. The molecule has 0 heterocycles. The van der Waals surface area contributed by atoms with E-state index in [0.29, 0.717) is 23.0 Å². The van der Waals surface area contributed by atoms with Gasteiger partial charge in [-0.3, -0.25) is 4.79 Å². The molecule has 1 aromatic carbocycles. The number of nitrogen functional groups attached to an aromatic ring is 1. The highest BCUT2D eigenvalue weighted by molar-refractivity contribution is 6.00. The predicted molar refractivity (Wildman–Crippen MR) is 67.1 cm³/mol. The largest absolute Gasteiger partial charge is 0.495 e. The average molecular weight is 234 g/mol. The van der Waals surface area contributed by atoms with Gasteiger partial charge in [-0.2, -0.15) is 0 Å². The number of methoxy groups -OCH3 is 1. The molecule has 1 saturated carbocycles. The second-order valence-electron chi connectivity index (χ2n) is 4.42. The van der Waals surface area contributed by atoms with Gasteiger partial charge in [-0.05, 0) is 31.4 Å². The number of nitrogens with two attached hydrogens (primary N) is 1. The maximum atomic E-state index is 12.3. The van der Waals surface area contributed by atoms with Crippen molar-refractivity contribution in [3.63, 3.8) is 0 Å². The smallest absolute Gasteiger partial charge is 0.256 e. The van der Waals surface area contributed by atoms with Crippen molar-refractivity contribution in [2.45, 2.75) is 25.3 Å². The number of carbonyl (C=O) groups is 1. The molecule has 0 radical (unpaired) electrons. The highest BCUT2D eigenvalue weighted by Gasteiger charge is 2.27. The monoisotopic (exact) mass is 234 g/mol. The van der Waals surface area contributed by atoms with Crippen LogP contribution in [0.4, 0.5) is 5.69 Å². The quantitative estimate of drug-likeness (QED) is 0.813. The molecule has 2 rings (SSSR count). The van der Waals surface area contributed by atoms with E-state index in [1.807, 2.05) is 7.05 Å². The van der Waals surface area contributed by atoms with Crippen molar-refractivity contribution in [1.82, 2.24) is 4.90 Å². The van der Waals surface area contributed by atoms with Crippen molar-refractivity contribution in [2.75, 3.05) is 19.9 Å². The van der Waals surface area contributed by atoms with Gasteiger partial charge in [-0.15, -0.1) is 0 Å². The summed E-state index contributed by atoms with van der Waals surface area (Å²) < 4.78 is 5.12. The molecule has 17 heavy (non-hydrogen) atoms. The van der Waals surface area contributed by atoms with Crippen LogP contribution in [0.15, 0.2) is 18.2 Å². The molecule has 1 aliphatic rings. The van der Waals surface area contributed by atoms with E-state index in [0.717, 1.165) is 12.8 Å². The maximum Gasteiger partial charge on any atom is 0.256 e. The number of amides is 1. The summed E-state index contributed by atoms with van der Waals surface area (Å²) in [6.45, 7) is 0. The first-order valence-corrected chi connectivity index (χ1v) is 5.84. The number of carbonyl (C=O) groups excluding carboxylic acids is 1. The fraction of sp³-hybridized carbons (Fsp3) is 0.462. The maximum absolute atomic E-state index is 12.3. The molecule has 1 aromatic rings. The second kappa shape index (κ2) is 4.65. The zero-order valence-electron chi connectivity index (χ0n) is 10.3. The summed E-state index contributed by atoms with van der Waals surface area (Å²) >= 11 is 0. The molecular formula is C13H18N2O2. The molecule has 2 N–H and O–H groups in total. The number of ether oxygens (including phenoxy) is 1. The normalized spacial score (nSPS) is 15.2. The summed E-state index contributed by atoms with van der Waals surface area (Å²) in [5, 5.41) is 0. The van der Waals surface area contributed by atoms with Gasteiger partial charge in [0.1, 0.15) is 5.75 Å². The van der Waals surface area contributed by atoms with E-state index in [1.54, 1.807) is 30.2 Å². The molecule has 0 aromatic heterocycles. The topological polar surface area (TPSA) is 55.6 Å². The number of nitrogens with zero attached hydrogens (tertiary/aromatic N) is 1. The van der Waals surface area contributed by atoms with Gasteiger partial charge in [0.15, 0.2) is 0 Å². The molecule has 0 unspecified atom stereocenters. The molecule has 0 atom stereocenters. The van der Waals surface area contributed by atoms with E-state index in [1.165, 1.54) is 6.42 Å². The Morgan fingerprint density at radius 1 is 1.47 bits per heavy atom. The fourth-order valence-corrected chi connectivity index (χ4v) is 2.04. The molecule has 0 bridgehead atoms. The summed E-state index contributed by atoms with van der Waals surface area (Å²) in [6.07, 6.45) is 3.38. The van der Waals surface area contributed by atoms with Gasteiger partial charge < -0.3 is 15.4 Å². The van der Waals surface area contributed by atoms with Gasteiger partial charge in [-0.25, -0.2) is 0 Å². The Labute approximate surface area is 101 Å². The van der Waals surface area contributed by atoms with Gasteiger partial charge >= 0.3 is 0 Å². The van der Waals surface area contributed by atoms with Crippen LogP contribution in [0, 0.1) is 0 Å². The van der Waals surface area contributed by atoms with Gasteiger partial charge in [0.05, 0.1) is 18.4 Å². The highest BCUT2D eigenvalue weighted by Crippen LogP contribution is 2.29. The molecule has 1 fully saturated rings. The zero-order valence-corrected chi connectivity index (χ0v) is 10.3. The number of benzene rings is 1. The first-order valence-electron chi connectivity index (χ1n) is 5.84. The summed E-state index contributed by atoms with van der Waals surface area (Å²) in [4.78, 5) is 14.0. The third-order valence-electron chi connectivity index (χ3n) is 3.46. The first-order chi connectivity index (χ1) is 8.15. The Balaban J connectivity index is 2.23. The van der Waals surface area contributed by atoms with E-state index in [-0.39, 0.29) is 5.91 Å². The molecule has 4 heteroatoms. The van der Waals surface area contributed by atoms with Crippen LogP contribution in [0.5, 0.6) is 5.75 Å². The standard InChI is InChI=1S/C13H18N2O2/c1-15(9-5-3-6-9)13(16)10-7-4-8-11(17-2)12(10)14/h4,7-9H,3,5-6,14H2,1-2H3. The Kier molecular flexibility index (Phi) is 3.22. The van der Waals surface area contributed by atoms with E-state index in [2.05, 4.69) is 0 Å². The van der Waals surface area contributed by atoms with Gasteiger partial charge in [0, 0.05) is 13.1 Å². The average Bonchev–Trinajstić information content (AvgIpc) is 2.26. The minimum absolute atomic E-state index is 0.0221. The Hall–Kier alpha value is -1.71. The van der Waals surface area contributed by atoms with Crippen LogP contribution in [0.3, 0.4) is 0 Å². The lowest BCUT2D eigenvalue weighted by Gasteiger charge is -2.35.